The molecule has 0 bridgehead atoms. The molecular formula is C13H16O3. The molecule has 1 rings (SSSR count). The first kappa shape index (κ1) is 12.4. The lowest BCUT2D eigenvalue weighted by Gasteiger charge is -2.16. The monoisotopic (exact) mass is 220 g/mol. The average molecular weight is 220 g/mol. The summed E-state index contributed by atoms with van der Waals surface area (Å²) in [5, 5.41) is 10.0. The molecular weight excluding hydrogens is 204 g/mol. The lowest BCUT2D eigenvalue weighted by atomic mass is 10.0. The highest BCUT2D eigenvalue weighted by Gasteiger charge is 2.17. The van der Waals surface area contributed by atoms with Crippen molar-refractivity contribution in [2.24, 2.45) is 0 Å². The van der Waals surface area contributed by atoms with Crippen LogP contribution in [0.1, 0.15) is 25.0 Å². The van der Waals surface area contributed by atoms with Crippen molar-refractivity contribution >= 4 is 0 Å². The molecule has 0 radical (unpaired) electrons. The molecule has 1 atom stereocenters. The number of hydrogen-bond acceptors (Lipinski definition) is 3. The first-order chi connectivity index (χ1) is 7.74. The minimum atomic E-state index is -0.696. The van der Waals surface area contributed by atoms with Gasteiger partial charge in [-0.25, -0.2) is 0 Å². The van der Waals surface area contributed by atoms with Gasteiger partial charge in [0.15, 0.2) is 0 Å². The van der Waals surface area contributed by atoms with Crippen molar-refractivity contribution < 1.29 is 14.6 Å². The van der Waals surface area contributed by atoms with E-state index in [0.29, 0.717) is 23.5 Å². The maximum absolute atomic E-state index is 10.0. The zero-order chi connectivity index (χ0) is 12.0. The number of rotatable bonds is 4. The molecule has 0 amide bonds. The first-order valence-corrected chi connectivity index (χ1v) is 5.03. The minimum Gasteiger partial charge on any atom is -0.496 e. The Morgan fingerprint density at radius 1 is 1.25 bits per heavy atom. The van der Waals surface area contributed by atoms with Crippen molar-refractivity contribution in [1.29, 1.82) is 0 Å². The topological polar surface area (TPSA) is 38.7 Å². The predicted molar refractivity (Wildman–Crippen MR) is 62.6 cm³/mol. The molecule has 0 fully saturated rings. The summed E-state index contributed by atoms with van der Waals surface area (Å²) < 4.78 is 10.4. The molecule has 1 aromatic rings. The molecule has 0 saturated carbocycles. The number of methoxy groups -OCH3 is 2. The van der Waals surface area contributed by atoms with Crippen LogP contribution in [-0.4, -0.2) is 19.3 Å². The Morgan fingerprint density at radius 2 is 1.81 bits per heavy atom. The van der Waals surface area contributed by atoms with Gasteiger partial charge in [-0.15, -0.1) is 11.8 Å². The van der Waals surface area contributed by atoms with E-state index in [2.05, 4.69) is 11.8 Å². The number of aliphatic hydroxyl groups is 1. The van der Waals surface area contributed by atoms with E-state index in [1.165, 1.54) is 0 Å². The van der Waals surface area contributed by atoms with E-state index in [0.717, 1.165) is 0 Å². The molecule has 3 heteroatoms. The number of hydrogen-bond donors (Lipinski definition) is 1. The fraction of sp³-hybridized carbons (Fsp3) is 0.385. The summed E-state index contributed by atoms with van der Waals surface area (Å²) in [4.78, 5) is 0. The Hall–Kier alpha value is -1.66. The van der Waals surface area contributed by atoms with Crippen LogP contribution >= 0.6 is 0 Å². The standard InChI is InChI=1S/C13H16O3/c1-4-5-7-10(14)13-11(15-2)8-6-9-12(13)16-3/h6,8-10,14H,7H2,1-3H3. The molecule has 0 spiro atoms. The zero-order valence-corrected chi connectivity index (χ0v) is 9.78. The Balaban J connectivity index is 3.10. The predicted octanol–water partition coefficient (Wildman–Crippen LogP) is 2.15. The van der Waals surface area contributed by atoms with E-state index in [9.17, 15) is 5.11 Å². The van der Waals surface area contributed by atoms with Gasteiger partial charge in [-0.1, -0.05) is 6.07 Å². The maximum Gasteiger partial charge on any atom is 0.128 e. The molecule has 1 N–H and O–H groups in total. The van der Waals surface area contributed by atoms with E-state index in [1.807, 2.05) is 6.07 Å². The summed E-state index contributed by atoms with van der Waals surface area (Å²) in [6.07, 6.45) is -0.328. The van der Waals surface area contributed by atoms with Gasteiger partial charge in [-0.2, -0.15) is 0 Å². The van der Waals surface area contributed by atoms with Gasteiger partial charge in [0.1, 0.15) is 11.5 Å². The molecule has 3 nitrogen and oxygen atoms in total. The lowest BCUT2D eigenvalue weighted by Crippen LogP contribution is -2.02. The molecule has 1 unspecified atom stereocenters. The quantitative estimate of drug-likeness (QED) is 0.790. The van der Waals surface area contributed by atoms with Crippen LogP contribution in [0.25, 0.3) is 0 Å². The van der Waals surface area contributed by atoms with Crippen LogP contribution in [0.5, 0.6) is 11.5 Å². The SMILES string of the molecule is CC#CCC(O)c1c(OC)cccc1OC. The lowest BCUT2D eigenvalue weighted by molar-refractivity contribution is 0.174. The van der Waals surface area contributed by atoms with Gasteiger partial charge < -0.3 is 14.6 Å². The van der Waals surface area contributed by atoms with E-state index in [4.69, 9.17) is 9.47 Å². The fourth-order valence-electron chi connectivity index (χ4n) is 1.51. The van der Waals surface area contributed by atoms with Crippen LogP contribution in [-0.2, 0) is 0 Å². The van der Waals surface area contributed by atoms with Gasteiger partial charge in [-0.3, -0.25) is 0 Å². The fourth-order valence-corrected chi connectivity index (χ4v) is 1.51. The normalized spacial score (nSPS) is 11.2. The van der Waals surface area contributed by atoms with Crippen LogP contribution in [0, 0.1) is 11.8 Å². The molecule has 0 aliphatic heterocycles. The van der Waals surface area contributed by atoms with Gasteiger partial charge in [0.25, 0.3) is 0 Å². The average Bonchev–Trinajstić information content (AvgIpc) is 2.34. The van der Waals surface area contributed by atoms with Gasteiger partial charge in [0.05, 0.1) is 25.9 Å². The van der Waals surface area contributed by atoms with E-state index in [-0.39, 0.29) is 0 Å². The van der Waals surface area contributed by atoms with E-state index >= 15 is 0 Å². The zero-order valence-electron chi connectivity index (χ0n) is 9.78. The molecule has 0 aliphatic rings. The van der Waals surface area contributed by atoms with E-state index < -0.39 is 6.10 Å². The van der Waals surface area contributed by atoms with Crippen molar-refractivity contribution in [2.75, 3.05) is 14.2 Å². The van der Waals surface area contributed by atoms with Gasteiger partial charge in [-0.05, 0) is 19.1 Å². The Kier molecular flexibility index (Phi) is 4.68. The third-order valence-electron chi connectivity index (χ3n) is 2.27. The summed E-state index contributed by atoms with van der Waals surface area (Å²) >= 11 is 0. The third-order valence-corrected chi connectivity index (χ3v) is 2.27. The van der Waals surface area contributed by atoms with Crippen molar-refractivity contribution in [1.82, 2.24) is 0 Å². The highest BCUT2D eigenvalue weighted by atomic mass is 16.5. The number of benzene rings is 1. The Bertz CT molecular complexity index is 379. The van der Waals surface area contributed by atoms with Crippen molar-refractivity contribution in [2.45, 2.75) is 19.4 Å². The summed E-state index contributed by atoms with van der Waals surface area (Å²) in [7, 11) is 3.13. The second kappa shape index (κ2) is 6.04. The third kappa shape index (κ3) is 2.68. The molecule has 0 aromatic heterocycles. The van der Waals surface area contributed by atoms with Gasteiger partial charge in [0.2, 0.25) is 0 Å². The summed E-state index contributed by atoms with van der Waals surface area (Å²) in [5.41, 5.74) is 0.648. The molecule has 0 saturated heterocycles. The molecule has 86 valence electrons. The first-order valence-electron chi connectivity index (χ1n) is 5.03. The van der Waals surface area contributed by atoms with Crippen LogP contribution in [0.4, 0.5) is 0 Å². The number of ether oxygens (including phenoxy) is 2. The van der Waals surface area contributed by atoms with Crippen LogP contribution < -0.4 is 9.47 Å². The van der Waals surface area contributed by atoms with Crippen LogP contribution in [0.3, 0.4) is 0 Å². The van der Waals surface area contributed by atoms with Crippen molar-refractivity contribution in [3.05, 3.63) is 23.8 Å². The highest BCUT2D eigenvalue weighted by molar-refractivity contribution is 5.46. The number of aliphatic hydroxyl groups excluding tert-OH is 1. The Morgan fingerprint density at radius 3 is 2.25 bits per heavy atom. The largest absolute Gasteiger partial charge is 0.496 e. The molecule has 16 heavy (non-hydrogen) atoms. The van der Waals surface area contributed by atoms with Crippen LogP contribution in [0.15, 0.2) is 18.2 Å². The van der Waals surface area contributed by atoms with Crippen molar-refractivity contribution in [3.8, 4) is 23.3 Å². The van der Waals surface area contributed by atoms with Crippen LogP contribution in [0.2, 0.25) is 0 Å². The maximum atomic E-state index is 10.0. The molecule has 1 aromatic carbocycles. The highest BCUT2D eigenvalue weighted by Crippen LogP contribution is 2.35. The second-order valence-electron chi connectivity index (χ2n) is 3.22. The Labute approximate surface area is 96.0 Å². The minimum absolute atomic E-state index is 0.368. The van der Waals surface area contributed by atoms with E-state index in [1.54, 1.807) is 33.3 Å². The van der Waals surface area contributed by atoms with Crippen molar-refractivity contribution in [3.63, 3.8) is 0 Å². The summed E-state index contributed by atoms with van der Waals surface area (Å²) in [6.45, 7) is 1.74. The summed E-state index contributed by atoms with van der Waals surface area (Å²) in [5.74, 6) is 6.82. The van der Waals surface area contributed by atoms with Gasteiger partial charge >= 0.3 is 0 Å². The summed E-state index contributed by atoms with van der Waals surface area (Å²) in [6, 6.07) is 5.40. The molecule has 0 heterocycles. The molecule has 0 aliphatic carbocycles. The second-order valence-corrected chi connectivity index (χ2v) is 3.22. The van der Waals surface area contributed by atoms with Gasteiger partial charge in [0, 0.05) is 6.42 Å². The smallest absolute Gasteiger partial charge is 0.128 e.